The number of hydrogen-bond acceptors (Lipinski definition) is 4. The highest BCUT2D eigenvalue weighted by molar-refractivity contribution is 5.66. The van der Waals surface area contributed by atoms with E-state index in [0.717, 1.165) is 13.0 Å². The van der Waals surface area contributed by atoms with Crippen LogP contribution >= 0.6 is 0 Å². The number of carbonyl (C=O) groups excluding carboxylic acids is 1. The molecule has 0 spiro atoms. The van der Waals surface area contributed by atoms with Gasteiger partial charge in [0.15, 0.2) is 6.61 Å². The summed E-state index contributed by atoms with van der Waals surface area (Å²) in [5, 5.41) is 0. The lowest BCUT2D eigenvalue weighted by Gasteiger charge is -2.34. The Kier molecular flexibility index (Phi) is 5.57. The average Bonchev–Trinajstić information content (AvgIpc) is 2.48. The fourth-order valence-corrected chi connectivity index (χ4v) is 2.48. The molecule has 1 aromatic heterocycles. The Hall–Kier alpha value is -1.86. The van der Waals surface area contributed by atoms with Crippen LogP contribution in [0.1, 0.15) is 37.8 Å². The maximum atomic E-state index is 10.6. The van der Waals surface area contributed by atoms with Crippen molar-refractivity contribution in [2.24, 2.45) is 0 Å². The molecule has 20 heavy (non-hydrogen) atoms. The van der Waals surface area contributed by atoms with Crippen LogP contribution in [0.2, 0.25) is 0 Å². The first kappa shape index (κ1) is 14.5. The summed E-state index contributed by atoms with van der Waals surface area (Å²) in [6.45, 7) is 3.34. The van der Waals surface area contributed by atoms with E-state index in [-0.39, 0.29) is 12.6 Å². The molecule has 2 heterocycles. The van der Waals surface area contributed by atoms with Gasteiger partial charge in [0.25, 0.3) is 0 Å². The zero-order valence-corrected chi connectivity index (χ0v) is 11.8. The summed E-state index contributed by atoms with van der Waals surface area (Å²) >= 11 is 0. The number of esters is 1. The molecule has 0 N–H and O–H groups in total. The summed E-state index contributed by atoms with van der Waals surface area (Å²) in [4.78, 5) is 17.2. The number of piperidine rings is 1. The van der Waals surface area contributed by atoms with Crippen molar-refractivity contribution in [1.29, 1.82) is 0 Å². The first-order valence-electron chi connectivity index (χ1n) is 7.00. The van der Waals surface area contributed by atoms with E-state index >= 15 is 0 Å². The van der Waals surface area contributed by atoms with E-state index in [1.165, 1.54) is 25.3 Å². The average molecular weight is 272 g/mol. The highest BCUT2D eigenvalue weighted by atomic mass is 16.5. The van der Waals surface area contributed by atoms with Crippen molar-refractivity contribution in [3.8, 4) is 11.8 Å². The monoisotopic (exact) mass is 272 g/mol. The van der Waals surface area contributed by atoms with Crippen LogP contribution in [0.4, 0.5) is 0 Å². The zero-order valence-electron chi connectivity index (χ0n) is 11.8. The number of aromatic nitrogens is 1. The number of pyridine rings is 1. The molecule has 0 aliphatic carbocycles. The van der Waals surface area contributed by atoms with Crippen molar-refractivity contribution < 1.29 is 9.53 Å². The lowest BCUT2D eigenvalue weighted by Crippen LogP contribution is -2.33. The number of rotatable bonds is 3. The lowest BCUT2D eigenvalue weighted by molar-refractivity contribution is -0.139. The van der Waals surface area contributed by atoms with Crippen LogP contribution in [0.25, 0.3) is 0 Å². The van der Waals surface area contributed by atoms with Gasteiger partial charge in [-0.05, 0) is 31.0 Å². The summed E-state index contributed by atoms with van der Waals surface area (Å²) in [5.41, 5.74) is 1.26. The van der Waals surface area contributed by atoms with Crippen molar-refractivity contribution in [1.82, 2.24) is 9.88 Å². The normalized spacial score (nSPS) is 18.9. The van der Waals surface area contributed by atoms with Gasteiger partial charge in [-0.3, -0.25) is 14.7 Å². The molecular formula is C16H20N2O2. The Morgan fingerprint density at radius 2 is 2.40 bits per heavy atom. The highest BCUT2D eigenvalue weighted by Crippen LogP contribution is 2.29. The molecule has 2 rings (SSSR count). The third-order valence-corrected chi connectivity index (χ3v) is 3.44. The van der Waals surface area contributed by atoms with Gasteiger partial charge in [-0.15, -0.1) is 0 Å². The van der Waals surface area contributed by atoms with Crippen LogP contribution in [-0.4, -0.2) is 35.5 Å². The molecule has 0 saturated carbocycles. The minimum Gasteiger partial charge on any atom is -0.453 e. The van der Waals surface area contributed by atoms with Gasteiger partial charge in [0.05, 0.1) is 6.54 Å². The molecule has 0 aromatic carbocycles. The molecule has 0 bridgehead atoms. The largest absolute Gasteiger partial charge is 0.453 e. The first-order chi connectivity index (χ1) is 9.77. The summed E-state index contributed by atoms with van der Waals surface area (Å²) in [6.07, 6.45) is 7.35. The zero-order chi connectivity index (χ0) is 14.2. The van der Waals surface area contributed by atoms with Crippen molar-refractivity contribution >= 4 is 5.97 Å². The quantitative estimate of drug-likeness (QED) is 0.625. The summed E-state index contributed by atoms with van der Waals surface area (Å²) < 4.78 is 4.80. The predicted octanol–water partition coefficient (Wildman–Crippen LogP) is 2.18. The number of ether oxygens (including phenoxy) is 1. The van der Waals surface area contributed by atoms with E-state index in [4.69, 9.17) is 4.74 Å². The second kappa shape index (κ2) is 7.66. The minimum absolute atomic E-state index is 0.181. The molecular weight excluding hydrogens is 252 g/mol. The number of hydrogen-bond donors (Lipinski definition) is 0. The summed E-state index contributed by atoms with van der Waals surface area (Å²) in [7, 11) is 0. The topological polar surface area (TPSA) is 42.4 Å². The van der Waals surface area contributed by atoms with Crippen molar-refractivity contribution in [2.75, 3.05) is 19.7 Å². The van der Waals surface area contributed by atoms with Crippen LogP contribution in [0, 0.1) is 11.8 Å². The molecule has 1 atom stereocenters. The lowest BCUT2D eigenvalue weighted by atomic mass is 9.96. The van der Waals surface area contributed by atoms with Gasteiger partial charge in [0, 0.05) is 25.4 Å². The van der Waals surface area contributed by atoms with E-state index in [2.05, 4.69) is 27.8 Å². The second-order valence-electron chi connectivity index (χ2n) is 4.90. The Morgan fingerprint density at radius 1 is 1.50 bits per heavy atom. The first-order valence-corrected chi connectivity index (χ1v) is 7.00. The standard InChI is InChI=1S/C16H20N2O2/c1-14(19)20-12-5-4-11-18-10-3-2-8-16(18)15-7-6-9-17-13-15/h6-7,9,13,16H,2-3,8,10-12H2,1H3/t16-/m0/s1. The molecule has 4 nitrogen and oxygen atoms in total. The molecule has 1 aliphatic rings. The van der Waals surface area contributed by atoms with E-state index in [1.54, 1.807) is 6.20 Å². The van der Waals surface area contributed by atoms with Gasteiger partial charge in [-0.2, -0.15) is 0 Å². The number of nitrogens with zero attached hydrogens (tertiary/aromatic N) is 2. The van der Waals surface area contributed by atoms with Gasteiger partial charge in [-0.25, -0.2) is 0 Å². The van der Waals surface area contributed by atoms with Crippen molar-refractivity contribution in [3.05, 3.63) is 30.1 Å². The molecule has 0 amide bonds. The number of carbonyl (C=O) groups is 1. The Labute approximate surface area is 120 Å². The maximum Gasteiger partial charge on any atom is 0.303 e. The second-order valence-corrected chi connectivity index (χ2v) is 4.90. The molecule has 1 fully saturated rings. The summed E-state index contributed by atoms with van der Waals surface area (Å²) in [5.74, 6) is 5.69. The fourth-order valence-electron chi connectivity index (χ4n) is 2.48. The SMILES string of the molecule is CC(=O)OCC#CCN1CCCC[C@H]1c1cccnc1. The van der Waals surface area contributed by atoms with Gasteiger partial charge in [0.2, 0.25) is 0 Å². The molecule has 106 valence electrons. The maximum absolute atomic E-state index is 10.6. The number of likely N-dealkylation sites (tertiary alicyclic amines) is 1. The van der Waals surface area contributed by atoms with Crippen molar-refractivity contribution in [3.63, 3.8) is 0 Å². The molecule has 1 aliphatic heterocycles. The van der Waals surface area contributed by atoms with Crippen LogP contribution in [0.3, 0.4) is 0 Å². The highest BCUT2D eigenvalue weighted by Gasteiger charge is 2.22. The smallest absolute Gasteiger partial charge is 0.303 e. The van der Waals surface area contributed by atoms with Gasteiger partial charge < -0.3 is 4.74 Å². The van der Waals surface area contributed by atoms with Crippen LogP contribution in [0.15, 0.2) is 24.5 Å². The van der Waals surface area contributed by atoms with E-state index in [0.29, 0.717) is 12.6 Å². The van der Waals surface area contributed by atoms with Crippen LogP contribution in [-0.2, 0) is 9.53 Å². The van der Waals surface area contributed by atoms with Crippen LogP contribution < -0.4 is 0 Å². The van der Waals surface area contributed by atoms with Gasteiger partial charge in [0.1, 0.15) is 0 Å². The molecule has 0 unspecified atom stereocenters. The Bertz CT molecular complexity index is 490. The minimum atomic E-state index is -0.287. The molecule has 1 saturated heterocycles. The molecule has 4 heteroatoms. The third kappa shape index (κ3) is 4.36. The van der Waals surface area contributed by atoms with E-state index in [9.17, 15) is 4.79 Å². The third-order valence-electron chi connectivity index (χ3n) is 3.44. The Balaban J connectivity index is 1.92. The van der Waals surface area contributed by atoms with Crippen LogP contribution in [0.5, 0.6) is 0 Å². The van der Waals surface area contributed by atoms with Gasteiger partial charge >= 0.3 is 5.97 Å². The Morgan fingerprint density at radius 3 is 3.15 bits per heavy atom. The summed E-state index contributed by atoms with van der Waals surface area (Å²) in [6, 6.07) is 4.51. The van der Waals surface area contributed by atoms with Gasteiger partial charge in [-0.1, -0.05) is 24.3 Å². The van der Waals surface area contributed by atoms with E-state index < -0.39 is 0 Å². The molecule has 0 radical (unpaired) electrons. The fraction of sp³-hybridized carbons (Fsp3) is 0.500. The predicted molar refractivity (Wildman–Crippen MR) is 76.8 cm³/mol. The van der Waals surface area contributed by atoms with Crippen molar-refractivity contribution in [2.45, 2.75) is 32.2 Å². The molecule has 1 aromatic rings. The van der Waals surface area contributed by atoms with E-state index in [1.807, 2.05) is 12.3 Å².